The minimum atomic E-state index is 0.0737. The number of nitrogens with two attached hydrogens (primary N) is 1. The Kier molecular flexibility index (Phi) is 3.84. The van der Waals surface area contributed by atoms with Gasteiger partial charge in [-0.05, 0) is 12.1 Å². The number of aliphatic hydroxyl groups is 1. The summed E-state index contributed by atoms with van der Waals surface area (Å²) in [6.45, 7) is 0.0737. The standard InChI is InChI=1S/C11H13NO2/c1-14-11-8-10(12)6-5-9(11)4-2-3-7-13/h5-6,8,13H,3,7,12H2,1H3. The maximum Gasteiger partial charge on any atom is 0.136 e. The van der Waals surface area contributed by atoms with E-state index in [1.165, 1.54) is 0 Å². The monoisotopic (exact) mass is 191 g/mol. The van der Waals surface area contributed by atoms with E-state index >= 15 is 0 Å². The second-order valence-corrected chi connectivity index (χ2v) is 2.74. The molecule has 0 atom stereocenters. The summed E-state index contributed by atoms with van der Waals surface area (Å²) in [6.07, 6.45) is 0.466. The van der Waals surface area contributed by atoms with Gasteiger partial charge in [-0.3, -0.25) is 0 Å². The molecule has 0 fully saturated rings. The molecule has 0 saturated carbocycles. The van der Waals surface area contributed by atoms with Crippen LogP contribution in [0.5, 0.6) is 5.75 Å². The second-order valence-electron chi connectivity index (χ2n) is 2.74. The molecule has 1 aromatic carbocycles. The van der Waals surface area contributed by atoms with E-state index in [0.29, 0.717) is 17.9 Å². The van der Waals surface area contributed by atoms with Gasteiger partial charge in [0.1, 0.15) is 5.75 Å². The van der Waals surface area contributed by atoms with E-state index < -0.39 is 0 Å². The van der Waals surface area contributed by atoms with Crippen molar-refractivity contribution >= 4 is 5.69 Å². The molecule has 0 aliphatic carbocycles. The molecule has 14 heavy (non-hydrogen) atoms. The highest BCUT2D eigenvalue weighted by Gasteiger charge is 1.99. The van der Waals surface area contributed by atoms with Crippen LogP contribution in [0.25, 0.3) is 0 Å². The molecule has 0 spiro atoms. The highest BCUT2D eigenvalue weighted by molar-refractivity contribution is 5.54. The fourth-order valence-corrected chi connectivity index (χ4v) is 1.02. The molecule has 0 unspecified atom stereocenters. The number of benzene rings is 1. The van der Waals surface area contributed by atoms with Crippen molar-refractivity contribution < 1.29 is 9.84 Å². The predicted octanol–water partition coefficient (Wildman–Crippen LogP) is 1.01. The van der Waals surface area contributed by atoms with Gasteiger partial charge in [0.15, 0.2) is 0 Å². The number of nitrogen functional groups attached to an aromatic ring is 1. The molecule has 0 amide bonds. The van der Waals surface area contributed by atoms with Gasteiger partial charge >= 0.3 is 0 Å². The smallest absolute Gasteiger partial charge is 0.136 e. The molecular formula is C11H13NO2. The summed E-state index contributed by atoms with van der Waals surface area (Å²) >= 11 is 0. The lowest BCUT2D eigenvalue weighted by Gasteiger charge is -2.03. The van der Waals surface area contributed by atoms with Crippen LogP contribution in [0.3, 0.4) is 0 Å². The summed E-state index contributed by atoms with van der Waals surface area (Å²) in [6, 6.07) is 5.30. The molecule has 0 bridgehead atoms. The zero-order chi connectivity index (χ0) is 10.4. The zero-order valence-electron chi connectivity index (χ0n) is 8.08. The van der Waals surface area contributed by atoms with Crippen molar-refractivity contribution in [2.24, 2.45) is 0 Å². The molecular weight excluding hydrogens is 178 g/mol. The Morgan fingerprint density at radius 2 is 2.29 bits per heavy atom. The van der Waals surface area contributed by atoms with Gasteiger partial charge in [0.05, 0.1) is 19.3 Å². The zero-order valence-corrected chi connectivity index (χ0v) is 8.08. The Hall–Kier alpha value is -1.66. The normalized spacial score (nSPS) is 9.00. The fraction of sp³-hybridized carbons (Fsp3) is 0.273. The van der Waals surface area contributed by atoms with E-state index in [1.54, 1.807) is 25.3 Å². The van der Waals surface area contributed by atoms with E-state index in [-0.39, 0.29) is 6.61 Å². The average Bonchev–Trinajstić information content (AvgIpc) is 2.20. The first-order valence-corrected chi connectivity index (χ1v) is 4.31. The minimum Gasteiger partial charge on any atom is -0.495 e. The second kappa shape index (κ2) is 5.15. The molecule has 0 radical (unpaired) electrons. The van der Waals surface area contributed by atoms with Crippen molar-refractivity contribution in [3.05, 3.63) is 23.8 Å². The Morgan fingerprint density at radius 3 is 2.93 bits per heavy atom. The largest absolute Gasteiger partial charge is 0.495 e. The van der Waals surface area contributed by atoms with Crippen molar-refractivity contribution in [1.29, 1.82) is 0 Å². The highest BCUT2D eigenvalue weighted by Crippen LogP contribution is 2.20. The van der Waals surface area contributed by atoms with E-state index in [2.05, 4.69) is 11.8 Å². The van der Waals surface area contributed by atoms with Crippen molar-refractivity contribution in [3.8, 4) is 17.6 Å². The molecule has 1 aromatic rings. The lowest BCUT2D eigenvalue weighted by Crippen LogP contribution is -1.91. The summed E-state index contributed by atoms with van der Waals surface area (Å²) in [4.78, 5) is 0. The van der Waals surface area contributed by atoms with Gasteiger partial charge < -0.3 is 15.6 Å². The van der Waals surface area contributed by atoms with Crippen LogP contribution in [0, 0.1) is 11.8 Å². The molecule has 0 heterocycles. The predicted molar refractivity (Wildman–Crippen MR) is 56.0 cm³/mol. The third kappa shape index (κ3) is 2.68. The SMILES string of the molecule is COc1cc(N)ccc1C#CCCO. The van der Waals surface area contributed by atoms with Gasteiger partial charge in [-0.2, -0.15) is 0 Å². The van der Waals surface area contributed by atoms with Gasteiger partial charge in [0.25, 0.3) is 0 Å². The first-order chi connectivity index (χ1) is 6.77. The first kappa shape index (κ1) is 10.4. The molecule has 3 N–H and O–H groups in total. The summed E-state index contributed by atoms with van der Waals surface area (Å²) in [5.41, 5.74) is 7.02. The van der Waals surface area contributed by atoms with Crippen molar-refractivity contribution in [3.63, 3.8) is 0 Å². The number of rotatable bonds is 2. The lowest BCUT2D eigenvalue weighted by atomic mass is 10.2. The molecule has 0 aliphatic heterocycles. The Bertz CT molecular complexity index is 363. The highest BCUT2D eigenvalue weighted by atomic mass is 16.5. The number of methoxy groups -OCH3 is 1. The van der Waals surface area contributed by atoms with Crippen LogP contribution in [-0.2, 0) is 0 Å². The van der Waals surface area contributed by atoms with Gasteiger partial charge in [0.2, 0.25) is 0 Å². The number of aliphatic hydroxyl groups excluding tert-OH is 1. The first-order valence-electron chi connectivity index (χ1n) is 4.31. The molecule has 3 heteroatoms. The van der Waals surface area contributed by atoms with Crippen LogP contribution in [0.4, 0.5) is 5.69 Å². The average molecular weight is 191 g/mol. The summed E-state index contributed by atoms with van der Waals surface area (Å²) in [5, 5.41) is 8.56. The van der Waals surface area contributed by atoms with Crippen LogP contribution in [-0.4, -0.2) is 18.8 Å². The van der Waals surface area contributed by atoms with Gasteiger partial charge in [0, 0.05) is 18.2 Å². The van der Waals surface area contributed by atoms with Crippen molar-refractivity contribution in [1.82, 2.24) is 0 Å². The van der Waals surface area contributed by atoms with Gasteiger partial charge in [-0.1, -0.05) is 11.8 Å². The quantitative estimate of drug-likeness (QED) is 0.542. The van der Waals surface area contributed by atoms with Crippen molar-refractivity contribution in [2.75, 3.05) is 19.5 Å². The Labute approximate surface area is 83.5 Å². The number of hydrogen-bond donors (Lipinski definition) is 2. The molecule has 0 aromatic heterocycles. The van der Waals surface area contributed by atoms with Gasteiger partial charge in [-0.15, -0.1) is 0 Å². The third-order valence-corrected chi connectivity index (χ3v) is 1.69. The maximum atomic E-state index is 8.56. The topological polar surface area (TPSA) is 55.5 Å². The Morgan fingerprint density at radius 1 is 1.50 bits per heavy atom. The summed E-state index contributed by atoms with van der Waals surface area (Å²) in [7, 11) is 1.58. The Balaban J connectivity index is 2.92. The molecule has 3 nitrogen and oxygen atoms in total. The minimum absolute atomic E-state index is 0.0737. The van der Waals surface area contributed by atoms with Crippen LogP contribution < -0.4 is 10.5 Å². The van der Waals surface area contributed by atoms with E-state index in [9.17, 15) is 0 Å². The summed E-state index contributed by atoms with van der Waals surface area (Å²) < 4.78 is 5.11. The molecule has 1 rings (SSSR count). The maximum absolute atomic E-state index is 8.56. The lowest BCUT2D eigenvalue weighted by molar-refractivity contribution is 0.305. The van der Waals surface area contributed by atoms with E-state index in [1.807, 2.05) is 0 Å². The molecule has 0 saturated heterocycles. The fourth-order valence-electron chi connectivity index (χ4n) is 1.02. The van der Waals surface area contributed by atoms with E-state index in [4.69, 9.17) is 15.6 Å². The third-order valence-electron chi connectivity index (χ3n) is 1.69. The number of ether oxygens (including phenoxy) is 1. The van der Waals surface area contributed by atoms with Crippen LogP contribution in [0.15, 0.2) is 18.2 Å². The van der Waals surface area contributed by atoms with Crippen molar-refractivity contribution in [2.45, 2.75) is 6.42 Å². The number of hydrogen-bond acceptors (Lipinski definition) is 3. The van der Waals surface area contributed by atoms with Crippen LogP contribution in [0.2, 0.25) is 0 Å². The summed E-state index contributed by atoms with van der Waals surface area (Å²) in [5.74, 6) is 6.39. The van der Waals surface area contributed by atoms with E-state index in [0.717, 1.165) is 5.56 Å². The van der Waals surface area contributed by atoms with Gasteiger partial charge in [-0.25, -0.2) is 0 Å². The van der Waals surface area contributed by atoms with Crippen LogP contribution >= 0.6 is 0 Å². The number of anilines is 1. The molecule has 0 aliphatic rings. The van der Waals surface area contributed by atoms with Crippen LogP contribution in [0.1, 0.15) is 12.0 Å². The molecule has 74 valence electrons.